The van der Waals surface area contributed by atoms with Crippen LogP contribution in [0.5, 0.6) is 0 Å². The van der Waals surface area contributed by atoms with Crippen LogP contribution < -0.4 is 15.5 Å². The van der Waals surface area contributed by atoms with Gasteiger partial charge >= 0.3 is 0 Å². The van der Waals surface area contributed by atoms with Gasteiger partial charge in [-0.3, -0.25) is 4.79 Å². The largest absolute Gasteiger partial charge is 0.372 e. The molecule has 3 aromatic rings. The molecule has 0 radical (unpaired) electrons. The van der Waals surface area contributed by atoms with E-state index in [0.717, 1.165) is 30.0 Å². The summed E-state index contributed by atoms with van der Waals surface area (Å²) < 4.78 is 13.0. The van der Waals surface area contributed by atoms with Crippen LogP contribution >= 0.6 is 0 Å². The van der Waals surface area contributed by atoms with Crippen molar-refractivity contribution in [1.29, 1.82) is 0 Å². The maximum absolute atomic E-state index is 13.0. The Bertz CT molecular complexity index is 967. The van der Waals surface area contributed by atoms with E-state index < -0.39 is 0 Å². The van der Waals surface area contributed by atoms with Crippen LogP contribution in [-0.4, -0.2) is 24.0 Å². The molecule has 1 amide bonds. The summed E-state index contributed by atoms with van der Waals surface area (Å²) in [5.41, 5.74) is 4.92. The number of amides is 1. The molecule has 0 aliphatic heterocycles. The molecule has 0 saturated carbocycles. The van der Waals surface area contributed by atoms with Crippen LogP contribution in [0.3, 0.4) is 0 Å². The molecule has 150 valence electrons. The first kappa shape index (κ1) is 20.3. The van der Waals surface area contributed by atoms with Gasteiger partial charge in [0.05, 0.1) is 11.9 Å². The van der Waals surface area contributed by atoms with Gasteiger partial charge in [-0.05, 0) is 80.9 Å². The summed E-state index contributed by atoms with van der Waals surface area (Å²) in [6.45, 7) is 8.28. The van der Waals surface area contributed by atoms with Crippen molar-refractivity contribution in [2.45, 2.75) is 20.8 Å². The number of pyridine rings is 1. The fourth-order valence-corrected chi connectivity index (χ4v) is 3.06. The highest BCUT2D eigenvalue weighted by atomic mass is 19.1. The average Bonchev–Trinajstić information content (AvgIpc) is 2.73. The summed E-state index contributed by atoms with van der Waals surface area (Å²) in [5, 5.41) is 6.04. The van der Waals surface area contributed by atoms with Crippen molar-refractivity contribution in [1.82, 2.24) is 4.98 Å². The molecule has 6 heteroatoms. The lowest BCUT2D eigenvalue weighted by molar-refractivity contribution is 0.102. The first-order valence-electron chi connectivity index (χ1n) is 9.65. The van der Waals surface area contributed by atoms with E-state index in [2.05, 4.69) is 59.5 Å². The third kappa shape index (κ3) is 5.10. The second-order valence-electron chi connectivity index (χ2n) is 6.69. The molecule has 3 rings (SSSR count). The van der Waals surface area contributed by atoms with Crippen molar-refractivity contribution in [3.8, 4) is 0 Å². The van der Waals surface area contributed by atoms with Gasteiger partial charge in [0.25, 0.3) is 5.91 Å². The second kappa shape index (κ2) is 9.19. The predicted molar refractivity (Wildman–Crippen MR) is 117 cm³/mol. The zero-order valence-electron chi connectivity index (χ0n) is 16.9. The summed E-state index contributed by atoms with van der Waals surface area (Å²) in [5.74, 6) is -0.695. The molecule has 0 bridgehead atoms. The number of aromatic nitrogens is 1. The van der Waals surface area contributed by atoms with Gasteiger partial charge in [-0.25, -0.2) is 9.37 Å². The summed E-state index contributed by atoms with van der Waals surface area (Å²) in [4.78, 5) is 18.8. The van der Waals surface area contributed by atoms with Crippen molar-refractivity contribution in [3.63, 3.8) is 0 Å². The number of benzene rings is 2. The van der Waals surface area contributed by atoms with Crippen LogP contribution in [0.4, 0.5) is 27.1 Å². The topological polar surface area (TPSA) is 57.3 Å². The Balaban J connectivity index is 1.67. The molecular weight excluding hydrogens is 367 g/mol. The molecule has 1 aromatic heterocycles. The van der Waals surface area contributed by atoms with Crippen molar-refractivity contribution >= 4 is 28.7 Å². The first-order chi connectivity index (χ1) is 14.0. The van der Waals surface area contributed by atoms with Gasteiger partial charge in [0.1, 0.15) is 11.5 Å². The minimum absolute atomic E-state index is 0.286. The van der Waals surface area contributed by atoms with Gasteiger partial charge < -0.3 is 15.5 Å². The normalized spacial score (nSPS) is 10.5. The number of rotatable bonds is 7. The number of hydrogen-bond acceptors (Lipinski definition) is 4. The summed E-state index contributed by atoms with van der Waals surface area (Å²) in [6.07, 6.45) is 1.62. The average molecular weight is 392 g/mol. The lowest BCUT2D eigenvalue weighted by Gasteiger charge is -2.22. The lowest BCUT2D eigenvalue weighted by atomic mass is 10.1. The molecule has 29 heavy (non-hydrogen) atoms. The standard InChI is InChI=1S/C23H25FN4O/c1-4-28(5-2)20-11-13-21(16(3)14-20)26-19-10-12-22(25-15-19)23(29)27-18-8-6-17(24)7-9-18/h6-15,26H,4-5H2,1-3H3,(H,27,29). The third-order valence-electron chi connectivity index (χ3n) is 4.72. The molecule has 2 aromatic carbocycles. The number of aryl methyl sites for hydroxylation is 1. The zero-order chi connectivity index (χ0) is 20.8. The molecule has 1 heterocycles. The van der Waals surface area contributed by atoms with Crippen LogP contribution in [0.25, 0.3) is 0 Å². The Morgan fingerprint density at radius 1 is 1.00 bits per heavy atom. The number of hydrogen-bond donors (Lipinski definition) is 2. The number of carbonyl (C=O) groups is 1. The Labute approximate surface area is 170 Å². The van der Waals surface area contributed by atoms with Crippen molar-refractivity contribution in [3.05, 3.63) is 77.9 Å². The fourth-order valence-electron chi connectivity index (χ4n) is 3.06. The molecule has 0 fully saturated rings. The molecule has 2 N–H and O–H groups in total. The van der Waals surface area contributed by atoms with E-state index in [1.54, 1.807) is 12.3 Å². The zero-order valence-corrected chi connectivity index (χ0v) is 16.9. The minimum Gasteiger partial charge on any atom is -0.372 e. The predicted octanol–water partition coefficient (Wildman–Crippen LogP) is 5.37. The van der Waals surface area contributed by atoms with E-state index in [9.17, 15) is 9.18 Å². The molecule has 0 unspecified atom stereocenters. The van der Waals surface area contributed by atoms with E-state index >= 15 is 0 Å². The van der Waals surface area contributed by atoms with Crippen molar-refractivity contribution in [2.75, 3.05) is 28.6 Å². The van der Waals surface area contributed by atoms with Gasteiger partial charge in [-0.15, -0.1) is 0 Å². The number of nitrogens with zero attached hydrogens (tertiary/aromatic N) is 2. The van der Waals surface area contributed by atoms with Crippen LogP contribution in [0, 0.1) is 12.7 Å². The van der Waals surface area contributed by atoms with Crippen LogP contribution in [0.2, 0.25) is 0 Å². The highest BCUT2D eigenvalue weighted by molar-refractivity contribution is 6.02. The fraction of sp³-hybridized carbons (Fsp3) is 0.217. The molecule has 0 aliphatic rings. The third-order valence-corrected chi connectivity index (χ3v) is 4.72. The number of carbonyl (C=O) groups excluding carboxylic acids is 1. The molecule has 0 aliphatic carbocycles. The Kier molecular flexibility index (Phi) is 6.44. The highest BCUT2D eigenvalue weighted by Crippen LogP contribution is 2.25. The Hall–Kier alpha value is -3.41. The molecule has 5 nitrogen and oxygen atoms in total. The van der Waals surface area contributed by atoms with Crippen LogP contribution in [0.15, 0.2) is 60.8 Å². The Morgan fingerprint density at radius 2 is 1.69 bits per heavy atom. The highest BCUT2D eigenvalue weighted by Gasteiger charge is 2.09. The van der Waals surface area contributed by atoms with E-state index in [-0.39, 0.29) is 17.4 Å². The maximum atomic E-state index is 13.0. The molecule has 0 atom stereocenters. The molecule has 0 spiro atoms. The van der Waals surface area contributed by atoms with Gasteiger partial charge in [0, 0.05) is 30.2 Å². The van der Waals surface area contributed by atoms with E-state index in [1.165, 1.54) is 30.0 Å². The van der Waals surface area contributed by atoms with E-state index in [4.69, 9.17) is 0 Å². The van der Waals surface area contributed by atoms with E-state index in [0.29, 0.717) is 5.69 Å². The summed E-state index contributed by atoms with van der Waals surface area (Å²) in [6, 6.07) is 15.4. The van der Waals surface area contributed by atoms with Crippen LogP contribution in [0.1, 0.15) is 29.9 Å². The molecule has 0 saturated heterocycles. The SMILES string of the molecule is CCN(CC)c1ccc(Nc2ccc(C(=O)Nc3ccc(F)cc3)nc2)c(C)c1. The first-order valence-corrected chi connectivity index (χ1v) is 9.65. The number of halogens is 1. The van der Waals surface area contributed by atoms with Gasteiger partial charge in [0.2, 0.25) is 0 Å². The maximum Gasteiger partial charge on any atom is 0.274 e. The van der Waals surface area contributed by atoms with E-state index in [1.807, 2.05) is 6.07 Å². The Morgan fingerprint density at radius 3 is 2.28 bits per heavy atom. The minimum atomic E-state index is -0.350. The lowest BCUT2D eigenvalue weighted by Crippen LogP contribution is -2.21. The smallest absolute Gasteiger partial charge is 0.274 e. The van der Waals surface area contributed by atoms with Gasteiger partial charge in [-0.1, -0.05) is 0 Å². The monoisotopic (exact) mass is 392 g/mol. The van der Waals surface area contributed by atoms with Crippen molar-refractivity contribution < 1.29 is 9.18 Å². The van der Waals surface area contributed by atoms with Crippen LogP contribution in [-0.2, 0) is 0 Å². The van der Waals surface area contributed by atoms with Gasteiger partial charge in [-0.2, -0.15) is 0 Å². The van der Waals surface area contributed by atoms with Crippen molar-refractivity contribution in [2.24, 2.45) is 0 Å². The summed E-state index contributed by atoms with van der Waals surface area (Å²) >= 11 is 0. The second-order valence-corrected chi connectivity index (χ2v) is 6.69. The number of anilines is 4. The summed E-state index contributed by atoms with van der Waals surface area (Å²) in [7, 11) is 0. The molecular formula is C23H25FN4O. The quantitative estimate of drug-likeness (QED) is 0.567. The number of nitrogens with one attached hydrogen (secondary N) is 2. The van der Waals surface area contributed by atoms with Gasteiger partial charge in [0.15, 0.2) is 0 Å².